The highest BCUT2D eigenvalue weighted by molar-refractivity contribution is 9.10. The van der Waals surface area contributed by atoms with Gasteiger partial charge in [0.05, 0.1) is 4.47 Å². The van der Waals surface area contributed by atoms with Gasteiger partial charge in [0.15, 0.2) is 0 Å². The molecule has 5 aromatic rings. The second-order valence-electron chi connectivity index (χ2n) is 8.83. The van der Waals surface area contributed by atoms with E-state index < -0.39 is 6.10 Å². The zero-order valence-corrected chi connectivity index (χ0v) is 22.9. The van der Waals surface area contributed by atoms with Crippen LogP contribution in [-0.4, -0.2) is 5.11 Å². The van der Waals surface area contributed by atoms with Crippen LogP contribution in [0.25, 0.3) is 0 Å². The number of rotatable bonds is 8. The molecule has 0 spiro atoms. The van der Waals surface area contributed by atoms with Gasteiger partial charge in [-0.25, -0.2) is 0 Å². The molecule has 4 heteroatoms. The fourth-order valence-electron chi connectivity index (χ4n) is 3.80. The van der Waals surface area contributed by atoms with Gasteiger partial charge in [-0.15, -0.1) is 0 Å². The highest BCUT2D eigenvalue weighted by Gasteiger charge is 2.15. The minimum Gasteiger partial charge on any atom is -0.489 e. The Balaban J connectivity index is 0.000000194. The summed E-state index contributed by atoms with van der Waals surface area (Å²) in [7, 11) is 0. The largest absolute Gasteiger partial charge is 0.489 e. The van der Waals surface area contributed by atoms with Gasteiger partial charge in [0, 0.05) is 5.56 Å². The highest BCUT2D eigenvalue weighted by Crippen LogP contribution is 2.30. The average Bonchev–Trinajstić information content (AvgIpc) is 2.97. The van der Waals surface area contributed by atoms with E-state index in [0.717, 1.165) is 26.9 Å². The summed E-state index contributed by atoms with van der Waals surface area (Å²) < 4.78 is 12.6. The molecule has 0 aliphatic carbocycles. The zero-order chi connectivity index (χ0) is 26.6. The van der Waals surface area contributed by atoms with Crippen LogP contribution in [-0.2, 0) is 13.2 Å². The predicted molar refractivity (Wildman–Crippen MR) is 157 cm³/mol. The van der Waals surface area contributed by atoms with E-state index in [0.29, 0.717) is 19.0 Å². The zero-order valence-electron chi connectivity index (χ0n) is 21.3. The number of hydrogen-bond donors (Lipinski definition) is 1. The molecule has 1 atom stereocenters. The van der Waals surface area contributed by atoms with Crippen molar-refractivity contribution in [2.24, 2.45) is 0 Å². The molecule has 0 aliphatic rings. The molecule has 0 fully saturated rings. The molecule has 0 saturated carbocycles. The molecule has 192 valence electrons. The van der Waals surface area contributed by atoms with Crippen molar-refractivity contribution in [1.29, 1.82) is 0 Å². The minimum absolute atomic E-state index is 0.485. The summed E-state index contributed by atoms with van der Waals surface area (Å²) in [5, 5.41) is 10.7. The summed E-state index contributed by atoms with van der Waals surface area (Å²) in [6.07, 6.45) is -0.692. The van der Waals surface area contributed by atoms with Crippen molar-refractivity contribution in [2.45, 2.75) is 26.2 Å². The van der Waals surface area contributed by atoms with E-state index in [-0.39, 0.29) is 0 Å². The monoisotopic (exact) mass is 566 g/mol. The fourth-order valence-corrected chi connectivity index (χ4v) is 4.20. The number of ether oxygens (including phenoxy) is 2. The minimum atomic E-state index is -0.692. The molecule has 0 saturated heterocycles. The maximum Gasteiger partial charge on any atom is 0.133 e. The molecule has 0 heterocycles. The molecule has 38 heavy (non-hydrogen) atoms. The van der Waals surface area contributed by atoms with E-state index >= 15 is 0 Å². The Kier molecular flexibility index (Phi) is 10.1. The maximum atomic E-state index is 10.7. The van der Waals surface area contributed by atoms with Gasteiger partial charge in [-0.05, 0) is 57.7 Å². The van der Waals surface area contributed by atoms with E-state index in [4.69, 9.17) is 9.47 Å². The van der Waals surface area contributed by atoms with E-state index in [1.54, 1.807) is 0 Å². The van der Waals surface area contributed by atoms with Gasteiger partial charge < -0.3 is 14.6 Å². The average molecular weight is 568 g/mol. The Morgan fingerprint density at radius 3 is 1.63 bits per heavy atom. The summed E-state index contributed by atoms with van der Waals surface area (Å²) in [6, 6.07) is 43.6. The number of halogens is 1. The summed E-state index contributed by atoms with van der Waals surface area (Å²) in [6.45, 7) is 3.12. The van der Waals surface area contributed by atoms with Crippen LogP contribution >= 0.6 is 15.9 Å². The van der Waals surface area contributed by atoms with Crippen molar-refractivity contribution in [3.63, 3.8) is 0 Å². The predicted octanol–water partition coefficient (Wildman–Crippen LogP) is 8.68. The number of para-hydroxylation sites is 2. The van der Waals surface area contributed by atoms with Gasteiger partial charge in [0.2, 0.25) is 0 Å². The third kappa shape index (κ3) is 8.07. The standard InChI is InChI=1S/C21H20O2.C13H11BrO/c1-16-11-13-18(14-12-16)21(22)19-9-5-6-10-20(19)23-15-17-7-3-2-4-8-17;14-12-8-4-5-9-13(12)15-10-11-6-2-1-3-7-11/h2-14,21-22H,15H2,1H3;1-9H,10H2. The Bertz CT molecular complexity index is 1390. The molecule has 0 aromatic heterocycles. The quantitative estimate of drug-likeness (QED) is 0.204. The van der Waals surface area contributed by atoms with Crippen LogP contribution in [0.5, 0.6) is 11.5 Å². The van der Waals surface area contributed by atoms with Crippen molar-refractivity contribution in [2.75, 3.05) is 0 Å². The lowest BCUT2D eigenvalue weighted by Crippen LogP contribution is -2.04. The van der Waals surface area contributed by atoms with Crippen LogP contribution in [0.4, 0.5) is 0 Å². The normalized spacial score (nSPS) is 11.1. The lowest BCUT2D eigenvalue weighted by Gasteiger charge is -2.17. The second-order valence-corrected chi connectivity index (χ2v) is 9.68. The highest BCUT2D eigenvalue weighted by atomic mass is 79.9. The van der Waals surface area contributed by atoms with Crippen LogP contribution in [0, 0.1) is 6.92 Å². The molecule has 5 aromatic carbocycles. The van der Waals surface area contributed by atoms with Crippen molar-refractivity contribution in [3.8, 4) is 11.5 Å². The molecular formula is C34H31BrO3. The molecule has 3 nitrogen and oxygen atoms in total. The molecule has 5 rings (SSSR count). The number of aliphatic hydroxyl groups is 1. The lowest BCUT2D eigenvalue weighted by atomic mass is 10.00. The summed E-state index contributed by atoms with van der Waals surface area (Å²) >= 11 is 3.44. The molecule has 1 unspecified atom stereocenters. The van der Waals surface area contributed by atoms with Crippen molar-refractivity contribution < 1.29 is 14.6 Å². The first-order valence-corrected chi connectivity index (χ1v) is 13.3. The van der Waals surface area contributed by atoms with Crippen molar-refractivity contribution >= 4 is 15.9 Å². The second kappa shape index (κ2) is 14.2. The third-order valence-corrected chi connectivity index (χ3v) is 6.57. The Labute approximate surface area is 233 Å². The van der Waals surface area contributed by atoms with E-state index in [2.05, 4.69) is 28.1 Å². The number of benzene rings is 5. The Morgan fingerprint density at radius 1 is 0.579 bits per heavy atom. The lowest BCUT2D eigenvalue weighted by molar-refractivity contribution is 0.209. The Morgan fingerprint density at radius 2 is 1.05 bits per heavy atom. The van der Waals surface area contributed by atoms with Gasteiger partial charge in [-0.3, -0.25) is 0 Å². The molecule has 0 amide bonds. The van der Waals surface area contributed by atoms with Gasteiger partial charge >= 0.3 is 0 Å². The molecular weight excluding hydrogens is 536 g/mol. The number of aryl methyl sites for hydroxylation is 1. The van der Waals surface area contributed by atoms with Gasteiger partial charge in [-0.2, -0.15) is 0 Å². The molecule has 0 bridgehead atoms. The van der Waals surface area contributed by atoms with Crippen LogP contribution in [0.15, 0.2) is 138 Å². The van der Waals surface area contributed by atoms with Crippen LogP contribution in [0.3, 0.4) is 0 Å². The van der Waals surface area contributed by atoms with Crippen LogP contribution < -0.4 is 9.47 Å². The van der Waals surface area contributed by atoms with Gasteiger partial charge in [0.25, 0.3) is 0 Å². The first-order chi connectivity index (χ1) is 18.6. The smallest absolute Gasteiger partial charge is 0.133 e. The van der Waals surface area contributed by atoms with Gasteiger partial charge in [-0.1, -0.05) is 121 Å². The van der Waals surface area contributed by atoms with Crippen molar-refractivity contribution in [1.82, 2.24) is 0 Å². The summed E-state index contributed by atoms with van der Waals surface area (Å²) in [5.41, 5.74) is 5.11. The summed E-state index contributed by atoms with van der Waals surface area (Å²) in [5.74, 6) is 1.59. The third-order valence-electron chi connectivity index (χ3n) is 5.92. The topological polar surface area (TPSA) is 38.7 Å². The first kappa shape index (κ1) is 27.2. The Hall–Kier alpha value is -3.86. The number of aliphatic hydroxyl groups excluding tert-OH is 1. The maximum absolute atomic E-state index is 10.7. The van der Waals surface area contributed by atoms with E-state index in [9.17, 15) is 5.11 Å². The molecule has 0 aliphatic heterocycles. The van der Waals surface area contributed by atoms with Gasteiger partial charge in [0.1, 0.15) is 30.8 Å². The summed E-state index contributed by atoms with van der Waals surface area (Å²) in [4.78, 5) is 0. The van der Waals surface area contributed by atoms with Crippen LogP contribution in [0.1, 0.15) is 33.9 Å². The number of hydrogen-bond acceptors (Lipinski definition) is 3. The van der Waals surface area contributed by atoms with E-state index in [1.165, 1.54) is 11.1 Å². The fraction of sp³-hybridized carbons (Fsp3) is 0.118. The first-order valence-electron chi connectivity index (χ1n) is 12.5. The SMILES string of the molecule is Brc1ccccc1OCc1ccccc1.Cc1ccc(C(O)c2ccccc2OCc2ccccc2)cc1. The molecule has 1 N–H and O–H groups in total. The molecule has 0 radical (unpaired) electrons. The van der Waals surface area contributed by atoms with E-state index in [1.807, 2.05) is 128 Å². The van der Waals surface area contributed by atoms with Crippen molar-refractivity contribution in [3.05, 3.63) is 166 Å². The van der Waals surface area contributed by atoms with Crippen LogP contribution in [0.2, 0.25) is 0 Å².